The van der Waals surface area contributed by atoms with Crippen molar-refractivity contribution in [1.29, 1.82) is 0 Å². The molecule has 14 heteroatoms. The molecular weight excluding hydrogens is 549 g/mol. The summed E-state index contributed by atoms with van der Waals surface area (Å²) >= 11 is 6.19. The average molecular weight is 574 g/mol. The van der Waals surface area contributed by atoms with Crippen molar-refractivity contribution in [2.45, 2.75) is 31.2 Å². The number of carbonyl (C=O) groups excluding carboxylic acids is 2. The van der Waals surface area contributed by atoms with Gasteiger partial charge in [-0.1, -0.05) is 17.7 Å². The van der Waals surface area contributed by atoms with Gasteiger partial charge in [-0.25, -0.2) is 17.9 Å². The van der Waals surface area contributed by atoms with Gasteiger partial charge >= 0.3 is 0 Å². The first-order valence-corrected chi connectivity index (χ1v) is 14.0. The van der Waals surface area contributed by atoms with Crippen LogP contribution in [-0.2, 0) is 27.8 Å². The van der Waals surface area contributed by atoms with Crippen LogP contribution in [0.3, 0.4) is 0 Å². The number of carbonyl (C=O) groups is 2. The average Bonchev–Trinajstić information content (AvgIpc) is 3.57. The summed E-state index contributed by atoms with van der Waals surface area (Å²) in [7, 11) is -4.08. The fourth-order valence-electron chi connectivity index (χ4n) is 4.85. The zero-order chi connectivity index (χ0) is 27.9. The van der Waals surface area contributed by atoms with Crippen molar-refractivity contribution in [2.24, 2.45) is 5.14 Å². The van der Waals surface area contributed by atoms with E-state index in [2.05, 4.69) is 15.4 Å². The molecule has 2 N–H and O–H groups in total. The zero-order valence-electron chi connectivity index (χ0n) is 21.0. The van der Waals surface area contributed by atoms with Gasteiger partial charge in [-0.3, -0.25) is 9.59 Å². The minimum absolute atomic E-state index is 0.0115. The van der Waals surface area contributed by atoms with Crippen LogP contribution in [0, 0.1) is 12.7 Å². The monoisotopic (exact) mass is 573 g/mol. The molecule has 0 radical (unpaired) electrons. The molecule has 0 saturated carbocycles. The van der Waals surface area contributed by atoms with E-state index in [1.807, 2.05) is 12.1 Å². The number of sulfonamides is 1. The van der Waals surface area contributed by atoms with Crippen molar-refractivity contribution in [2.75, 3.05) is 26.2 Å². The van der Waals surface area contributed by atoms with Crippen LogP contribution in [-0.4, -0.2) is 76.4 Å². The van der Waals surface area contributed by atoms with Crippen LogP contribution < -0.4 is 5.14 Å². The van der Waals surface area contributed by atoms with Gasteiger partial charge in [0.2, 0.25) is 15.9 Å². The van der Waals surface area contributed by atoms with Gasteiger partial charge in [-0.05, 0) is 71.2 Å². The van der Waals surface area contributed by atoms with Gasteiger partial charge in [0, 0.05) is 37.6 Å². The van der Waals surface area contributed by atoms with Gasteiger partial charge in [-0.15, -0.1) is 10.2 Å². The maximum Gasteiger partial charge on any atom is 0.257 e. The Balaban J connectivity index is 1.17. The van der Waals surface area contributed by atoms with E-state index in [9.17, 15) is 22.4 Å². The molecule has 0 fully saturated rings. The van der Waals surface area contributed by atoms with E-state index in [0.29, 0.717) is 43.3 Å². The fraction of sp³-hybridized carbons (Fsp3) is 0.320. The van der Waals surface area contributed by atoms with E-state index >= 15 is 0 Å². The lowest BCUT2D eigenvalue weighted by Crippen LogP contribution is -2.36. The second-order valence-electron chi connectivity index (χ2n) is 9.58. The van der Waals surface area contributed by atoms with E-state index in [-0.39, 0.29) is 24.6 Å². The quantitative estimate of drug-likeness (QED) is 0.423. The van der Waals surface area contributed by atoms with E-state index in [0.717, 1.165) is 40.5 Å². The van der Waals surface area contributed by atoms with E-state index < -0.39 is 26.6 Å². The first kappa shape index (κ1) is 26.9. The van der Waals surface area contributed by atoms with Crippen LogP contribution in [0.4, 0.5) is 4.39 Å². The molecule has 2 amide bonds. The van der Waals surface area contributed by atoms with E-state index in [1.54, 1.807) is 17.9 Å². The molecule has 2 aliphatic heterocycles. The minimum atomic E-state index is -4.08. The van der Waals surface area contributed by atoms with Gasteiger partial charge in [0.15, 0.2) is 5.82 Å². The van der Waals surface area contributed by atoms with Gasteiger partial charge < -0.3 is 9.80 Å². The molecule has 0 bridgehead atoms. The maximum absolute atomic E-state index is 14.5. The lowest BCUT2D eigenvalue weighted by Gasteiger charge is -2.23. The van der Waals surface area contributed by atoms with Crippen LogP contribution in [0.2, 0.25) is 5.02 Å². The number of benzene rings is 2. The smallest absolute Gasteiger partial charge is 0.257 e. The lowest BCUT2D eigenvalue weighted by atomic mass is 10.0. The van der Waals surface area contributed by atoms with Gasteiger partial charge in [0.1, 0.15) is 5.82 Å². The first-order valence-electron chi connectivity index (χ1n) is 12.1. The summed E-state index contributed by atoms with van der Waals surface area (Å²) in [5.41, 5.74) is 3.56. The number of aromatic nitrogens is 4. The Morgan fingerprint density at radius 1 is 1.03 bits per heavy atom. The maximum atomic E-state index is 14.5. The molecule has 39 heavy (non-hydrogen) atoms. The highest BCUT2D eigenvalue weighted by atomic mass is 35.5. The largest absolute Gasteiger partial charge is 0.335 e. The summed E-state index contributed by atoms with van der Waals surface area (Å²) in [5, 5.41) is 17.7. The number of primary sulfonamides is 1. The van der Waals surface area contributed by atoms with Crippen LogP contribution in [0.1, 0.15) is 33.7 Å². The summed E-state index contributed by atoms with van der Waals surface area (Å²) in [6.45, 7) is 3.50. The summed E-state index contributed by atoms with van der Waals surface area (Å²) < 4.78 is 37.4. The van der Waals surface area contributed by atoms with Gasteiger partial charge in [0.25, 0.3) is 5.91 Å². The van der Waals surface area contributed by atoms with E-state index in [1.165, 1.54) is 9.70 Å². The summed E-state index contributed by atoms with van der Waals surface area (Å²) in [6, 6.07) is 8.50. The summed E-state index contributed by atoms with van der Waals surface area (Å²) in [5.74, 6) is -0.948. The van der Waals surface area contributed by atoms with Gasteiger partial charge in [0.05, 0.1) is 17.0 Å². The van der Waals surface area contributed by atoms with Crippen molar-refractivity contribution >= 4 is 33.4 Å². The number of nitrogens with two attached hydrogens (primary N) is 1. The van der Waals surface area contributed by atoms with Crippen molar-refractivity contribution in [3.63, 3.8) is 0 Å². The Labute approximate surface area is 229 Å². The van der Waals surface area contributed by atoms with Gasteiger partial charge in [-0.2, -0.15) is 4.80 Å². The second kappa shape index (κ2) is 10.5. The molecule has 0 unspecified atom stereocenters. The molecule has 0 atom stereocenters. The molecule has 0 aliphatic carbocycles. The predicted molar refractivity (Wildman–Crippen MR) is 139 cm³/mol. The third-order valence-electron chi connectivity index (χ3n) is 6.81. The normalized spacial score (nSPS) is 15.3. The van der Waals surface area contributed by atoms with Crippen LogP contribution in [0.25, 0.3) is 0 Å². The molecule has 0 saturated heterocycles. The highest BCUT2D eigenvalue weighted by molar-refractivity contribution is 7.89. The standard InChI is InChI=1S/C25H25ClFN7O4S/c1-15-29-31-34(30-15)14-17-8-20(26)4-2-16(17)3-7-24(35)32-10-18-12-33(13-19(18)11-32)25(36)22-6-5-21(9-23(22)27)39(28,37)38/h2,4-6,8-9H,3,7,10-14H2,1H3,(H2,28,37,38). The van der Waals surface area contributed by atoms with Crippen molar-refractivity contribution in [3.05, 3.63) is 80.9 Å². The summed E-state index contributed by atoms with van der Waals surface area (Å²) in [4.78, 5) is 30.2. The third kappa shape index (κ3) is 5.84. The second-order valence-corrected chi connectivity index (χ2v) is 11.6. The number of hydrogen-bond acceptors (Lipinski definition) is 7. The van der Waals surface area contributed by atoms with Crippen molar-refractivity contribution < 1.29 is 22.4 Å². The molecule has 3 aromatic rings. The molecule has 204 valence electrons. The number of tetrazole rings is 1. The number of aryl methyl sites for hydroxylation is 2. The highest BCUT2D eigenvalue weighted by Crippen LogP contribution is 2.28. The summed E-state index contributed by atoms with van der Waals surface area (Å²) in [6.07, 6.45) is 0.807. The Kier molecular flexibility index (Phi) is 7.23. The molecular formula is C25H25ClFN7O4S. The molecule has 0 spiro atoms. The topological polar surface area (TPSA) is 144 Å². The highest BCUT2D eigenvalue weighted by Gasteiger charge is 2.35. The van der Waals surface area contributed by atoms with Crippen molar-refractivity contribution in [1.82, 2.24) is 30.0 Å². The van der Waals surface area contributed by atoms with Crippen molar-refractivity contribution in [3.8, 4) is 0 Å². The number of amides is 2. The number of hydrogen-bond donors (Lipinski definition) is 1. The molecule has 2 aliphatic rings. The zero-order valence-corrected chi connectivity index (χ0v) is 22.5. The number of halogens is 2. The van der Waals surface area contributed by atoms with E-state index in [4.69, 9.17) is 16.7 Å². The molecule has 3 heterocycles. The SMILES string of the molecule is Cc1nnn(Cc2cc(Cl)ccc2CCC(=O)N2CC3=C(C2)CN(C(=O)c2ccc(S(N)(=O)=O)cc2F)C3)n1. The molecule has 5 rings (SSSR count). The predicted octanol–water partition coefficient (Wildman–Crippen LogP) is 1.70. The third-order valence-corrected chi connectivity index (χ3v) is 7.95. The Morgan fingerprint density at radius 3 is 2.33 bits per heavy atom. The van der Waals surface area contributed by atoms with Crippen LogP contribution in [0.15, 0.2) is 52.4 Å². The Morgan fingerprint density at radius 2 is 1.72 bits per heavy atom. The lowest BCUT2D eigenvalue weighted by molar-refractivity contribution is -0.130. The molecule has 1 aromatic heterocycles. The fourth-order valence-corrected chi connectivity index (χ4v) is 5.57. The number of rotatable bonds is 7. The Hall–Kier alpha value is -3.68. The number of nitrogens with zero attached hydrogens (tertiary/aromatic N) is 6. The first-order chi connectivity index (χ1) is 18.5. The molecule has 2 aromatic carbocycles. The Bertz CT molecular complexity index is 1600. The van der Waals surface area contributed by atoms with Crippen LogP contribution >= 0.6 is 11.6 Å². The molecule has 11 nitrogen and oxygen atoms in total. The minimum Gasteiger partial charge on any atom is -0.335 e. The van der Waals surface area contributed by atoms with Crippen LogP contribution in [0.5, 0.6) is 0 Å².